The summed E-state index contributed by atoms with van der Waals surface area (Å²) in [5.41, 5.74) is 7.89. The number of amides is 2. The van der Waals surface area contributed by atoms with E-state index in [0.717, 1.165) is 10.5 Å². The molecule has 3 rings (SSSR count). The zero-order chi connectivity index (χ0) is 19.0. The molecule has 0 aliphatic carbocycles. The first-order valence-electron chi connectivity index (χ1n) is 7.63. The number of carbonyl (C=O) groups excluding carboxylic acids is 1. The maximum atomic E-state index is 13.4. The van der Waals surface area contributed by atoms with Crippen molar-refractivity contribution in [1.29, 1.82) is 0 Å². The third-order valence-corrected chi connectivity index (χ3v) is 4.59. The number of benzene rings is 1. The monoisotopic (exact) mass is 423 g/mol. The number of anilines is 1. The highest BCUT2D eigenvalue weighted by Crippen LogP contribution is 2.29. The van der Waals surface area contributed by atoms with Gasteiger partial charge in [0.1, 0.15) is 5.69 Å². The molecule has 0 fully saturated rings. The van der Waals surface area contributed by atoms with Gasteiger partial charge in [0.05, 0.1) is 6.04 Å². The van der Waals surface area contributed by atoms with Crippen molar-refractivity contribution < 1.29 is 19.1 Å². The van der Waals surface area contributed by atoms with E-state index >= 15 is 0 Å². The van der Waals surface area contributed by atoms with E-state index in [9.17, 15) is 14.0 Å². The van der Waals surface area contributed by atoms with Crippen LogP contribution in [0.25, 0.3) is 11.3 Å². The number of hydrogen-bond donors (Lipinski definition) is 3. The van der Waals surface area contributed by atoms with E-state index < -0.39 is 12.0 Å². The molecule has 4 N–H and O–H groups in total. The van der Waals surface area contributed by atoms with Gasteiger partial charge < -0.3 is 21.1 Å². The van der Waals surface area contributed by atoms with Gasteiger partial charge in [0.25, 0.3) is 5.91 Å². The lowest BCUT2D eigenvalue weighted by molar-refractivity contribution is 0.0909. The number of hydrogen-bond acceptors (Lipinski definition) is 5. The number of aromatic nitrogens is 2. The Kier molecular flexibility index (Phi) is 4.77. The maximum Gasteiger partial charge on any atom is 0.407 e. The molecule has 1 aromatic carbocycles. The van der Waals surface area contributed by atoms with Gasteiger partial charge in [-0.1, -0.05) is 6.07 Å². The van der Waals surface area contributed by atoms with Crippen LogP contribution in [0.4, 0.5) is 15.0 Å². The predicted octanol–water partition coefficient (Wildman–Crippen LogP) is 1.89. The van der Waals surface area contributed by atoms with Crippen LogP contribution in [-0.2, 0) is 6.42 Å². The maximum absolute atomic E-state index is 13.4. The molecule has 2 amide bonds. The van der Waals surface area contributed by atoms with E-state index in [1.165, 1.54) is 7.05 Å². The summed E-state index contributed by atoms with van der Waals surface area (Å²) in [5, 5.41) is 11.8. The topological polar surface area (TPSA) is 121 Å². The lowest BCUT2D eigenvalue weighted by Crippen LogP contribution is -2.48. The van der Waals surface area contributed by atoms with Gasteiger partial charge in [-0.05, 0) is 40.0 Å². The van der Waals surface area contributed by atoms with Crippen molar-refractivity contribution >= 4 is 33.7 Å². The van der Waals surface area contributed by atoms with E-state index in [-0.39, 0.29) is 28.9 Å². The molecule has 0 saturated heterocycles. The molecular weight excluding hydrogens is 409 g/mol. The van der Waals surface area contributed by atoms with Gasteiger partial charge in [-0.15, -0.1) is 0 Å². The molecule has 1 atom stereocenters. The Morgan fingerprint density at radius 3 is 2.92 bits per heavy atom. The summed E-state index contributed by atoms with van der Waals surface area (Å²) in [6.07, 6.45) is -0.625. The summed E-state index contributed by atoms with van der Waals surface area (Å²) in [4.78, 5) is 32.0. The van der Waals surface area contributed by atoms with Gasteiger partial charge in [0, 0.05) is 24.7 Å². The van der Waals surface area contributed by atoms with Gasteiger partial charge in [0.15, 0.2) is 10.4 Å². The third kappa shape index (κ3) is 3.45. The highest BCUT2D eigenvalue weighted by molar-refractivity contribution is 9.10. The fourth-order valence-corrected chi connectivity index (χ4v) is 3.11. The van der Waals surface area contributed by atoms with Crippen LogP contribution in [0.1, 0.15) is 15.9 Å². The summed E-state index contributed by atoms with van der Waals surface area (Å²) >= 11 is 2.98. The standard InChI is InChI=1S/C16H15BrFN5O3/c1-23(16(25)26)6-9-5-8-4-7(2-3-10(8)15(24)20-9)11-14(19)22-13(18)12(17)21-11/h2-4,9H,5-6H2,1H3,(H2,19,22)(H,20,24)(H,25,26). The van der Waals surface area contributed by atoms with Gasteiger partial charge in [0.2, 0.25) is 5.95 Å². The van der Waals surface area contributed by atoms with Crippen molar-refractivity contribution in [1.82, 2.24) is 20.2 Å². The van der Waals surface area contributed by atoms with E-state index in [1.807, 2.05) is 0 Å². The van der Waals surface area contributed by atoms with Crippen LogP contribution in [0, 0.1) is 5.95 Å². The van der Waals surface area contributed by atoms with Crippen molar-refractivity contribution in [3.8, 4) is 11.3 Å². The van der Waals surface area contributed by atoms with Crippen LogP contribution in [0.3, 0.4) is 0 Å². The quantitative estimate of drug-likeness (QED) is 0.692. The average Bonchev–Trinajstić information content (AvgIpc) is 2.57. The number of nitrogen functional groups attached to an aromatic ring is 1. The first-order valence-corrected chi connectivity index (χ1v) is 8.42. The molecule has 8 nitrogen and oxygen atoms in total. The van der Waals surface area contributed by atoms with Crippen molar-refractivity contribution in [2.45, 2.75) is 12.5 Å². The second-order valence-corrected chi connectivity index (χ2v) is 6.70. The Bertz CT molecular complexity index is 908. The van der Waals surface area contributed by atoms with Gasteiger partial charge >= 0.3 is 6.09 Å². The van der Waals surface area contributed by atoms with Crippen LogP contribution < -0.4 is 11.1 Å². The molecule has 136 valence electrons. The first kappa shape index (κ1) is 18.1. The zero-order valence-corrected chi connectivity index (χ0v) is 15.2. The number of nitrogens with zero attached hydrogens (tertiary/aromatic N) is 3. The first-order chi connectivity index (χ1) is 12.3. The number of nitrogens with one attached hydrogen (secondary N) is 1. The molecule has 2 aromatic rings. The number of carbonyl (C=O) groups is 2. The van der Waals surface area contributed by atoms with Crippen molar-refractivity contribution in [2.75, 3.05) is 19.3 Å². The Labute approximate surface area is 156 Å². The van der Waals surface area contributed by atoms with E-state index in [1.54, 1.807) is 18.2 Å². The minimum Gasteiger partial charge on any atom is -0.465 e. The summed E-state index contributed by atoms with van der Waals surface area (Å²) in [6, 6.07) is 4.68. The largest absolute Gasteiger partial charge is 0.465 e. The van der Waals surface area contributed by atoms with Crippen LogP contribution in [0.5, 0.6) is 0 Å². The molecule has 1 aliphatic heterocycles. The summed E-state index contributed by atoms with van der Waals surface area (Å²) in [7, 11) is 1.44. The lowest BCUT2D eigenvalue weighted by Gasteiger charge is -2.28. The normalized spacial score (nSPS) is 16.0. The number of halogens is 2. The third-order valence-electron chi connectivity index (χ3n) is 4.09. The van der Waals surface area contributed by atoms with Crippen LogP contribution in [0.15, 0.2) is 22.8 Å². The minimum atomic E-state index is -1.07. The van der Waals surface area contributed by atoms with Crippen molar-refractivity contribution in [3.63, 3.8) is 0 Å². The second-order valence-electron chi connectivity index (χ2n) is 5.95. The zero-order valence-electron chi connectivity index (χ0n) is 13.7. The van der Waals surface area contributed by atoms with Gasteiger partial charge in [-0.25, -0.2) is 9.78 Å². The van der Waals surface area contributed by atoms with E-state index in [4.69, 9.17) is 10.8 Å². The number of nitrogens with two attached hydrogens (primary N) is 1. The average molecular weight is 424 g/mol. The van der Waals surface area contributed by atoms with Crippen molar-refractivity contribution in [2.24, 2.45) is 0 Å². The highest BCUT2D eigenvalue weighted by atomic mass is 79.9. The molecule has 0 spiro atoms. The summed E-state index contributed by atoms with van der Waals surface area (Å²) < 4.78 is 13.4. The Hall–Kier alpha value is -2.75. The lowest BCUT2D eigenvalue weighted by atomic mass is 9.92. The molecule has 1 aromatic heterocycles. The van der Waals surface area contributed by atoms with Crippen LogP contribution >= 0.6 is 15.9 Å². The highest BCUT2D eigenvalue weighted by Gasteiger charge is 2.26. The molecule has 1 unspecified atom stereocenters. The van der Waals surface area contributed by atoms with Crippen LogP contribution in [0.2, 0.25) is 0 Å². The molecule has 10 heteroatoms. The molecule has 0 bridgehead atoms. The van der Waals surface area contributed by atoms with E-state index in [2.05, 4.69) is 31.2 Å². The Balaban J connectivity index is 1.94. The van der Waals surface area contributed by atoms with Crippen molar-refractivity contribution in [3.05, 3.63) is 39.9 Å². The Morgan fingerprint density at radius 1 is 1.50 bits per heavy atom. The molecule has 2 heterocycles. The molecule has 26 heavy (non-hydrogen) atoms. The van der Waals surface area contributed by atoms with Gasteiger partial charge in [-0.3, -0.25) is 4.79 Å². The molecule has 1 aliphatic rings. The molecule has 0 radical (unpaired) electrons. The van der Waals surface area contributed by atoms with E-state index in [0.29, 0.717) is 23.2 Å². The number of fused-ring (bicyclic) bond motifs is 1. The van der Waals surface area contributed by atoms with Gasteiger partial charge in [-0.2, -0.15) is 9.37 Å². The molecule has 0 saturated carbocycles. The fraction of sp³-hybridized carbons (Fsp3) is 0.250. The predicted molar refractivity (Wildman–Crippen MR) is 95.2 cm³/mol. The second kappa shape index (κ2) is 6.87. The smallest absolute Gasteiger partial charge is 0.407 e. The minimum absolute atomic E-state index is 0.0573. The number of carboxylic acid groups (broad SMARTS) is 1. The molecular formula is C16H15BrFN5O3. The fourth-order valence-electron chi connectivity index (χ4n) is 2.85. The number of rotatable bonds is 3. The summed E-state index contributed by atoms with van der Waals surface area (Å²) in [5.74, 6) is -1.14. The van der Waals surface area contributed by atoms with Crippen LogP contribution in [-0.4, -0.2) is 51.6 Å². The SMILES string of the molecule is CN(CC1Cc2cc(-c3nc(Br)c(F)nc3N)ccc2C(=O)N1)C(=O)O. The Morgan fingerprint density at radius 2 is 2.23 bits per heavy atom. The number of likely N-dealkylation sites (N-methyl/N-ethyl adjacent to an activating group) is 1. The summed E-state index contributed by atoms with van der Waals surface area (Å²) in [6.45, 7) is 0.161.